The Kier molecular flexibility index (Phi) is 4.59. The van der Waals surface area contributed by atoms with Crippen LogP contribution in [0.15, 0.2) is 4.99 Å². The van der Waals surface area contributed by atoms with Gasteiger partial charge in [-0.25, -0.2) is 9.79 Å². The first-order chi connectivity index (χ1) is 7.88. The molecule has 0 amide bonds. The van der Waals surface area contributed by atoms with Gasteiger partial charge in [-0.3, -0.25) is 0 Å². The highest BCUT2D eigenvalue weighted by atomic mass is 16.1. The number of carbonyl (C=O) groups excluding carboxylic acids is 1. The van der Waals surface area contributed by atoms with Crippen molar-refractivity contribution in [3.05, 3.63) is 0 Å². The van der Waals surface area contributed by atoms with Gasteiger partial charge in [0.25, 0.3) is 0 Å². The number of rotatable bonds is 3. The fourth-order valence-corrected chi connectivity index (χ4v) is 3.48. The van der Waals surface area contributed by atoms with Gasteiger partial charge in [-0.05, 0) is 43.9 Å². The van der Waals surface area contributed by atoms with Crippen LogP contribution in [0.2, 0.25) is 0 Å². The Morgan fingerprint density at radius 1 is 0.875 bits per heavy atom. The van der Waals surface area contributed by atoms with E-state index in [1.165, 1.54) is 51.4 Å². The minimum Gasteiger partial charge on any atom is -0.211 e. The fraction of sp³-hybridized carbons (Fsp3) is 0.929. The van der Waals surface area contributed by atoms with Crippen LogP contribution < -0.4 is 0 Å². The number of aliphatic imine (C=N–C) groups is 1. The maximum atomic E-state index is 10.2. The molecule has 0 N–H and O–H groups in total. The largest absolute Gasteiger partial charge is 0.235 e. The number of hydrogen-bond acceptors (Lipinski definition) is 2. The van der Waals surface area contributed by atoms with Crippen molar-refractivity contribution < 1.29 is 4.79 Å². The first-order valence-electron chi connectivity index (χ1n) is 6.95. The summed E-state index contributed by atoms with van der Waals surface area (Å²) in [5.41, 5.74) is 0. The molecule has 2 aliphatic rings. The van der Waals surface area contributed by atoms with Crippen molar-refractivity contribution in [1.82, 2.24) is 0 Å². The smallest absolute Gasteiger partial charge is 0.211 e. The predicted molar refractivity (Wildman–Crippen MR) is 65.1 cm³/mol. The third-order valence-electron chi connectivity index (χ3n) is 4.44. The monoisotopic (exact) mass is 221 g/mol. The van der Waals surface area contributed by atoms with Gasteiger partial charge in [-0.2, -0.15) is 0 Å². The summed E-state index contributed by atoms with van der Waals surface area (Å²) in [7, 11) is 0. The number of hydrogen-bond donors (Lipinski definition) is 0. The van der Waals surface area contributed by atoms with Crippen LogP contribution in [0, 0.1) is 11.8 Å². The van der Waals surface area contributed by atoms with Crippen molar-refractivity contribution in [2.45, 2.75) is 70.3 Å². The Balaban J connectivity index is 1.70. The molecule has 0 unspecified atom stereocenters. The molecule has 0 aromatic carbocycles. The normalized spacial score (nSPS) is 32.0. The van der Waals surface area contributed by atoms with E-state index in [4.69, 9.17) is 0 Å². The molecular weight excluding hydrogens is 198 g/mol. The van der Waals surface area contributed by atoms with Gasteiger partial charge >= 0.3 is 0 Å². The van der Waals surface area contributed by atoms with E-state index >= 15 is 0 Å². The van der Waals surface area contributed by atoms with E-state index in [0.717, 1.165) is 24.7 Å². The third-order valence-corrected chi connectivity index (χ3v) is 4.44. The molecule has 0 heterocycles. The van der Waals surface area contributed by atoms with Gasteiger partial charge in [-0.15, -0.1) is 0 Å². The molecule has 16 heavy (non-hydrogen) atoms. The highest BCUT2D eigenvalue weighted by Crippen LogP contribution is 2.35. The van der Waals surface area contributed by atoms with E-state index in [9.17, 15) is 4.79 Å². The van der Waals surface area contributed by atoms with Gasteiger partial charge in [0.2, 0.25) is 6.08 Å². The molecule has 0 saturated heterocycles. The van der Waals surface area contributed by atoms with Crippen LogP contribution in [-0.2, 0) is 4.79 Å². The first kappa shape index (κ1) is 11.9. The molecule has 0 aromatic heterocycles. The van der Waals surface area contributed by atoms with Crippen molar-refractivity contribution in [3.8, 4) is 0 Å². The van der Waals surface area contributed by atoms with Gasteiger partial charge in [-0.1, -0.05) is 32.1 Å². The molecule has 0 atom stereocenters. The molecular formula is C14H23NO. The Morgan fingerprint density at radius 2 is 1.50 bits per heavy atom. The molecule has 2 nitrogen and oxygen atoms in total. The van der Waals surface area contributed by atoms with Crippen molar-refractivity contribution >= 4 is 6.08 Å². The number of isocyanates is 1. The van der Waals surface area contributed by atoms with Gasteiger partial charge in [0, 0.05) is 0 Å². The van der Waals surface area contributed by atoms with E-state index < -0.39 is 0 Å². The van der Waals surface area contributed by atoms with E-state index in [1.807, 2.05) is 0 Å². The quantitative estimate of drug-likeness (QED) is 0.525. The summed E-state index contributed by atoms with van der Waals surface area (Å²) < 4.78 is 0. The third kappa shape index (κ3) is 3.45. The fourth-order valence-electron chi connectivity index (χ4n) is 3.48. The van der Waals surface area contributed by atoms with Crippen molar-refractivity contribution in [2.24, 2.45) is 16.8 Å². The Hall–Kier alpha value is -0.620. The second-order valence-corrected chi connectivity index (χ2v) is 5.63. The Labute approximate surface area is 98.5 Å². The summed E-state index contributed by atoms with van der Waals surface area (Å²) in [6, 6.07) is 0.292. The van der Waals surface area contributed by atoms with Gasteiger partial charge < -0.3 is 0 Å². The highest BCUT2D eigenvalue weighted by Gasteiger charge is 2.24. The zero-order chi connectivity index (χ0) is 11.2. The molecule has 0 spiro atoms. The standard InChI is InChI=1S/C14H23NO/c16-11-15-14-8-6-13(7-9-14)10-12-4-2-1-3-5-12/h12-14H,1-10H2. The van der Waals surface area contributed by atoms with E-state index in [0.29, 0.717) is 6.04 Å². The lowest BCUT2D eigenvalue weighted by molar-refractivity contribution is 0.234. The second-order valence-electron chi connectivity index (χ2n) is 5.63. The zero-order valence-electron chi connectivity index (χ0n) is 10.2. The van der Waals surface area contributed by atoms with Gasteiger partial charge in [0.1, 0.15) is 0 Å². The van der Waals surface area contributed by atoms with E-state index in [-0.39, 0.29) is 0 Å². The van der Waals surface area contributed by atoms with Gasteiger partial charge in [0.15, 0.2) is 0 Å². The molecule has 0 bridgehead atoms. The molecule has 2 aliphatic carbocycles. The van der Waals surface area contributed by atoms with Crippen LogP contribution in [0.25, 0.3) is 0 Å². The maximum Gasteiger partial charge on any atom is 0.235 e. The molecule has 0 aliphatic heterocycles. The van der Waals surface area contributed by atoms with Crippen LogP contribution in [0.5, 0.6) is 0 Å². The molecule has 2 fully saturated rings. The minimum atomic E-state index is 0.292. The molecule has 2 rings (SSSR count). The van der Waals surface area contributed by atoms with Crippen molar-refractivity contribution in [1.29, 1.82) is 0 Å². The lowest BCUT2D eigenvalue weighted by Gasteiger charge is -2.30. The lowest BCUT2D eigenvalue weighted by atomic mass is 9.77. The molecule has 90 valence electrons. The topological polar surface area (TPSA) is 29.4 Å². The highest BCUT2D eigenvalue weighted by molar-refractivity contribution is 5.33. The Bertz CT molecular complexity index is 243. The van der Waals surface area contributed by atoms with Gasteiger partial charge in [0.05, 0.1) is 6.04 Å². The van der Waals surface area contributed by atoms with Crippen molar-refractivity contribution in [2.75, 3.05) is 0 Å². The van der Waals surface area contributed by atoms with Crippen LogP contribution in [0.3, 0.4) is 0 Å². The van der Waals surface area contributed by atoms with Crippen LogP contribution in [0.1, 0.15) is 64.2 Å². The number of nitrogens with zero attached hydrogens (tertiary/aromatic N) is 1. The van der Waals surface area contributed by atoms with E-state index in [1.54, 1.807) is 6.08 Å². The molecule has 2 saturated carbocycles. The minimum absolute atomic E-state index is 0.292. The van der Waals surface area contributed by atoms with Crippen LogP contribution in [-0.4, -0.2) is 12.1 Å². The molecule has 0 radical (unpaired) electrons. The van der Waals surface area contributed by atoms with E-state index in [2.05, 4.69) is 4.99 Å². The summed E-state index contributed by atoms with van der Waals surface area (Å²) >= 11 is 0. The molecule has 2 heteroatoms. The Morgan fingerprint density at radius 3 is 2.12 bits per heavy atom. The average Bonchev–Trinajstić information content (AvgIpc) is 2.33. The summed E-state index contributed by atoms with van der Waals surface area (Å²) in [5, 5.41) is 0. The lowest BCUT2D eigenvalue weighted by Crippen LogP contribution is -2.20. The zero-order valence-corrected chi connectivity index (χ0v) is 10.2. The van der Waals surface area contributed by atoms with Crippen molar-refractivity contribution in [3.63, 3.8) is 0 Å². The molecule has 0 aromatic rings. The average molecular weight is 221 g/mol. The first-order valence-corrected chi connectivity index (χ1v) is 6.95. The second kappa shape index (κ2) is 6.20. The summed E-state index contributed by atoms with van der Waals surface area (Å²) in [6.45, 7) is 0. The van der Waals surface area contributed by atoms with Crippen LogP contribution in [0.4, 0.5) is 0 Å². The summed E-state index contributed by atoms with van der Waals surface area (Å²) in [5.74, 6) is 1.92. The predicted octanol–water partition coefficient (Wildman–Crippen LogP) is 3.85. The maximum absolute atomic E-state index is 10.2. The summed E-state index contributed by atoms with van der Waals surface area (Å²) in [6.07, 6.45) is 15.2. The SMILES string of the molecule is O=C=NC1CCC(CC2CCCCC2)CC1. The summed E-state index contributed by atoms with van der Waals surface area (Å²) in [4.78, 5) is 14.0. The van der Waals surface area contributed by atoms with Crippen LogP contribution >= 0.6 is 0 Å².